The molecule has 1 atom stereocenters. The Bertz CT molecular complexity index is 578. The van der Waals surface area contributed by atoms with Crippen LogP contribution in [0.3, 0.4) is 0 Å². The van der Waals surface area contributed by atoms with Crippen LogP contribution in [0, 0.1) is 6.07 Å². The van der Waals surface area contributed by atoms with E-state index in [1.165, 1.54) is 25.8 Å². The molecule has 1 aliphatic rings. The number of aliphatic imine (C=N–C) groups is 1. The molecule has 0 bridgehead atoms. The van der Waals surface area contributed by atoms with E-state index in [0.717, 1.165) is 12.1 Å². The van der Waals surface area contributed by atoms with Gasteiger partial charge in [-0.05, 0) is 6.07 Å². The summed E-state index contributed by atoms with van der Waals surface area (Å²) < 4.78 is 38.6. The van der Waals surface area contributed by atoms with Crippen molar-refractivity contribution in [2.45, 2.75) is 6.18 Å². The first kappa shape index (κ1) is 13.3. The number of halogens is 3. The molecule has 0 aliphatic carbocycles. The topological polar surface area (TPSA) is 55.5 Å². The number of rotatable bonds is 2. The van der Waals surface area contributed by atoms with Crippen molar-refractivity contribution in [2.24, 2.45) is 10.7 Å². The highest BCUT2D eigenvalue weighted by atomic mass is 19.4. The molecule has 0 aromatic heterocycles. The molecule has 0 saturated carbocycles. The van der Waals surface area contributed by atoms with Gasteiger partial charge in [0.15, 0.2) is 12.0 Å². The van der Waals surface area contributed by atoms with Gasteiger partial charge in [-0.2, -0.15) is 13.2 Å². The van der Waals surface area contributed by atoms with E-state index in [1.807, 2.05) is 0 Å². The van der Waals surface area contributed by atoms with Gasteiger partial charge in [-0.3, -0.25) is 4.79 Å². The van der Waals surface area contributed by atoms with Crippen molar-refractivity contribution in [3.63, 3.8) is 0 Å². The maximum atomic E-state index is 13.0. The summed E-state index contributed by atoms with van der Waals surface area (Å²) >= 11 is 0. The van der Waals surface area contributed by atoms with Gasteiger partial charge in [0.1, 0.15) is 11.8 Å². The summed E-state index contributed by atoms with van der Waals surface area (Å²) in [5.74, 6) is -0.807. The quantitative estimate of drug-likeness (QED) is 0.821. The fourth-order valence-electron chi connectivity index (χ4n) is 1.77. The Hall–Kier alpha value is -2.15. The zero-order valence-corrected chi connectivity index (χ0v) is 9.90. The average Bonchev–Trinajstić information content (AvgIpc) is 2.75. The van der Waals surface area contributed by atoms with E-state index < -0.39 is 17.6 Å². The van der Waals surface area contributed by atoms with Gasteiger partial charge in [-0.15, -0.1) is 0 Å². The summed E-state index contributed by atoms with van der Waals surface area (Å²) in [7, 11) is 1.51. The van der Waals surface area contributed by atoms with Crippen molar-refractivity contribution in [3.05, 3.63) is 41.7 Å². The molecule has 1 unspecified atom stereocenters. The lowest BCUT2D eigenvalue weighted by Crippen LogP contribution is -2.37. The van der Waals surface area contributed by atoms with E-state index in [4.69, 9.17) is 5.73 Å². The molecule has 0 fully saturated rings. The molecular weight excluding hydrogens is 259 g/mol. The zero-order valence-electron chi connectivity index (χ0n) is 9.90. The smallest absolute Gasteiger partial charge is 0.366 e. The summed E-state index contributed by atoms with van der Waals surface area (Å²) in [6, 6.07) is 4.15. The van der Waals surface area contributed by atoms with Crippen molar-refractivity contribution < 1.29 is 18.0 Å². The third-order valence-corrected chi connectivity index (χ3v) is 2.78. The molecular formula is C12H10F3N3O+. The van der Waals surface area contributed by atoms with Crippen LogP contribution in [-0.2, 0) is 6.18 Å². The van der Waals surface area contributed by atoms with E-state index >= 15 is 0 Å². The molecule has 1 aliphatic heterocycles. The fourth-order valence-corrected chi connectivity index (χ4v) is 1.77. The average molecular weight is 269 g/mol. The Balaban J connectivity index is 2.67. The Kier molecular flexibility index (Phi) is 2.94. The first-order valence-electron chi connectivity index (χ1n) is 5.25. The summed E-state index contributed by atoms with van der Waals surface area (Å²) in [6.45, 7) is 0. The number of carbonyl (C=O) groups is 1. The number of primary amides is 1. The third-order valence-electron chi connectivity index (χ3n) is 2.78. The molecule has 2 N–H and O–H groups in total. The van der Waals surface area contributed by atoms with Gasteiger partial charge >= 0.3 is 6.18 Å². The van der Waals surface area contributed by atoms with E-state index in [0.29, 0.717) is 0 Å². The first-order valence-corrected chi connectivity index (χ1v) is 5.25. The second-order valence-corrected chi connectivity index (χ2v) is 4.22. The molecule has 0 saturated heterocycles. The third kappa shape index (κ3) is 2.37. The maximum absolute atomic E-state index is 13.0. The maximum Gasteiger partial charge on any atom is 0.422 e. The number of hydrogen-bond acceptors (Lipinski definition) is 2. The number of alkyl halides is 3. The molecule has 1 heterocycles. The van der Waals surface area contributed by atoms with Gasteiger partial charge in [0, 0.05) is 17.7 Å². The summed E-state index contributed by atoms with van der Waals surface area (Å²) in [5, 5.41) is 0. The minimum absolute atomic E-state index is 0.0314. The van der Waals surface area contributed by atoms with Crippen LogP contribution in [0.4, 0.5) is 18.9 Å². The van der Waals surface area contributed by atoms with Crippen LogP contribution >= 0.6 is 0 Å². The Morgan fingerprint density at radius 2 is 2.16 bits per heavy atom. The minimum atomic E-state index is -4.57. The fraction of sp³-hybridized carbons (Fsp3) is 0.167. The predicted molar refractivity (Wildman–Crippen MR) is 64.1 cm³/mol. The Labute approximate surface area is 107 Å². The SMILES string of the molecule is C[N+]1(c2cc(C(N)=O)c[c]c2C(F)(F)F)C=CN=C1. The molecule has 1 radical (unpaired) electrons. The normalized spacial score (nSPS) is 21.9. The summed E-state index contributed by atoms with van der Waals surface area (Å²) in [6.07, 6.45) is -0.402. The Morgan fingerprint density at radius 3 is 2.63 bits per heavy atom. The highest BCUT2D eigenvalue weighted by Crippen LogP contribution is 2.39. The minimum Gasteiger partial charge on any atom is -0.366 e. The number of hydrogen-bond donors (Lipinski definition) is 1. The summed E-state index contributed by atoms with van der Waals surface area (Å²) in [5.41, 5.74) is 3.96. The highest BCUT2D eigenvalue weighted by Gasteiger charge is 2.41. The number of carbonyl (C=O) groups excluding carboxylic acids is 1. The van der Waals surface area contributed by atoms with Crippen LogP contribution in [0.15, 0.2) is 29.5 Å². The largest absolute Gasteiger partial charge is 0.422 e. The molecule has 19 heavy (non-hydrogen) atoms. The first-order chi connectivity index (χ1) is 8.74. The van der Waals surface area contributed by atoms with E-state index in [1.54, 1.807) is 0 Å². The molecule has 7 heteroatoms. The summed E-state index contributed by atoms with van der Waals surface area (Å²) in [4.78, 5) is 14.9. The molecule has 4 nitrogen and oxygen atoms in total. The van der Waals surface area contributed by atoms with Crippen molar-refractivity contribution in [2.75, 3.05) is 7.05 Å². The molecule has 1 aromatic rings. The van der Waals surface area contributed by atoms with Crippen molar-refractivity contribution >= 4 is 17.9 Å². The molecule has 1 aromatic carbocycles. The van der Waals surface area contributed by atoms with E-state index in [9.17, 15) is 18.0 Å². The number of benzene rings is 1. The number of quaternary nitrogens is 1. The van der Waals surface area contributed by atoms with Crippen LogP contribution in [0.5, 0.6) is 0 Å². The molecule has 2 rings (SSSR count). The predicted octanol–water partition coefficient (Wildman–Crippen LogP) is 2.05. The van der Waals surface area contributed by atoms with Crippen LogP contribution in [-0.4, -0.2) is 19.3 Å². The number of nitrogens with zero attached hydrogens (tertiary/aromatic N) is 2. The Morgan fingerprint density at radius 1 is 1.47 bits per heavy atom. The highest BCUT2D eigenvalue weighted by molar-refractivity contribution is 5.94. The van der Waals surface area contributed by atoms with Gasteiger partial charge in [-0.1, -0.05) is 0 Å². The van der Waals surface area contributed by atoms with Gasteiger partial charge in [0.2, 0.25) is 5.91 Å². The van der Waals surface area contributed by atoms with Gasteiger partial charge in [0.05, 0.1) is 13.2 Å². The van der Waals surface area contributed by atoms with Gasteiger partial charge in [0.25, 0.3) is 0 Å². The van der Waals surface area contributed by atoms with E-state index in [2.05, 4.69) is 11.1 Å². The standard InChI is InChI=1S/C12H9F3N3O/c1-18(5-4-17-7-18)10-6-8(11(16)19)2-3-9(10)12(13,14)15/h2,4-7H,1H3,(H-,16,19)/p+1. The van der Waals surface area contributed by atoms with Crippen LogP contribution in [0.2, 0.25) is 0 Å². The number of amides is 1. The molecule has 1 amide bonds. The zero-order chi connectivity index (χ0) is 14.3. The monoisotopic (exact) mass is 269 g/mol. The lowest BCUT2D eigenvalue weighted by Gasteiger charge is -2.24. The molecule has 0 spiro atoms. The van der Waals surface area contributed by atoms with Crippen LogP contribution in [0.25, 0.3) is 0 Å². The van der Waals surface area contributed by atoms with Crippen molar-refractivity contribution in [1.82, 2.24) is 4.48 Å². The lowest BCUT2D eigenvalue weighted by atomic mass is 10.1. The number of nitrogens with two attached hydrogens (primary N) is 1. The molecule has 99 valence electrons. The van der Waals surface area contributed by atoms with Crippen molar-refractivity contribution in [1.29, 1.82) is 0 Å². The van der Waals surface area contributed by atoms with Crippen molar-refractivity contribution in [3.8, 4) is 0 Å². The van der Waals surface area contributed by atoms with Gasteiger partial charge in [-0.25, -0.2) is 9.48 Å². The lowest BCUT2D eigenvalue weighted by molar-refractivity contribution is -0.137. The van der Waals surface area contributed by atoms with E-state index in [-0.39, 0.29) is 15.7 Å². The van der Waals surface area contributed by atoms with Crippen LogP contribution < -0.4 is 10.2 Å². The van der Waals surface area contributed by atoms with Crippen LogP contribution in [0.1, 0.15) is 15.9 Å². The second-order valence-electron chi connectivity index (χ2n) is 4.22. The van der Waals surface area contributed by atoms with Gasteiger partial charge < -0.3 is 5.73 Å². The second kappa shape index (κ2) is 4.20.